The third kappa shape index (κ3) is 3.72. The Morgan fingerprint density at radius 2 is 1.87 bits per heavy atom. The van der Waals surface area contributed by atoms with E-state index >= 15 is 0 Å². The van der Waals surface area contributed by atoms with Crippen LogP contribution in [0.15, 0.2) is 59.6 Å². The lowest BCUT2D eigenvalue weighted by Crippen LogP contribution is -2.20. The lowest BCUT2D eigenvalue weighted by atomic mass is 9.85. The van der Waals surface area contributed by atoms with Crippen LogP contribution < -0.4 is 4.74 Å². The number of aromatic nitrogens is 1. The van der Waals surface area contributed by atoms with Crippen molar-refractivity contribution >= 4 is 16.8 Å². The van der Waals surface area contributed by atoms with Gasteiger partial charge in [-0.15, -0.1) is 0 Å². The van der Waals surface area contributed by atoms with Crippen molar-refractivity contribution < 1.29 is 14.6 Å². The van der Waals surface area contributed by atoms with Gasteiger partial charge in [0.15, 0.2) is 0 Å². The van der Waals surface area contributed by atoms with Crippen LogP contribution in [0.2, 0.25) is 0 Å². The predicted molar refractivity (Wildman–Crippen MR) is 117 cm³/mol. The number of fused-ring (bicyclic) bond motifs is 2. The van der Waals surface area contributed by atoms with E-state index in [1.165, 1.54) is 12.8 Å². The molecular weight excluding hydrogens is 376 g/mol. The molecule has 1 fully saturated rings. The summed E-state index contributed by atoms with van der Waals surface area (Å²) in [7, 11) is 0. The van der Waals surface area contributed by atoms with Crippen molar-refractivity contribution in [3.63, 3.8) is 0 Å². The summed E-state index contributed by atoms with van der Waals surface area (Å²) in [6, 6.07) is 17.0. The largest absolute Gasteiger partial charge is 0.506 e. The summed E-state index contributed by atoms with van der Waals surface area (Å²) >= 11 is 0. The second kappa shape index (κ2) is 7.31. The molecule has 154 valence electrons. The first-order valence-electron chi connectivity index (χ1n) is 10.6. The Bertz CT molecular complexity index is 1120. The molecule has 1 aliphatic heterocycles. The predicted octanol–water partition coefficient (Wildman–Crippen LogP) is 5.85. The molecular formula is C25H26N2O3. The number of phenols is 1. The summed E-state index contributed by atoms with van der Waals surface area (Å²) in [5.74, 6) is 1.94. The van der Waals surface area contributed by atoms with Crippen LogP contribution in [0.1, 0.15) is 45.1 Å². The monoisotopic (exact) mass is 402 g/mol. The molecule has 0 bridgehead atoms. The maximum absolute atomic E-state index is 10.1. The van der Waals surface area contributed by atoms with Gasteiger partial charge < -0.3 is 14.6 Å². The van der Waals surface area contributed by atoms with Crippen LogP contribution in [-0.4, -0.2) is 28.1 Å². The molecule has 0 radical (unpaired) electrons. The Hall–Kier alpha value is -3.08. The first-order chi connectivity index (χ1) is 14.5. The van der Waals surface area contributed by atoms with Gasteiger partial charge in [0.2, 0.25) is 11.8 Å². The Kier molecular flexibility index (Phi) is 4.61. The highest BCUT2D eigenvalue weighted by Gasteiger charge is 2.36. The lowest BCUT2D eigenvalue weighted by molar-refractivity contribution is 0.178. The zero-order chi connectivity index (χ0) is 20.7. The van der Waals surface area contributed by atoms with E-state index in [9.17, 15) is 5.11 Å². The molecule has 2 aliphatic rings. The van der Waals surface area contributed by atoms with E-state index in [1.54, 1.807) is 18.2 Å². The van der Waals surface area contributed by atoms with E-state index in [4.69, 9.17) is 14.5 Å². The molecule has 0 spiro atoms. The highest BCUT2D eigenvalue weighted by atomic mass is 16.5. The highest BCUT2D eigenvalue weighted by Crippen LogP contribution is 2.38. The minimum atomic E-state index is 0.141. The number of benzene rings is 2. The van der Waals surface area contributed by atoms with Gasteiger partial charge in [0.05, 0.1) is 6.04 Å². The maximum Gasteiger partial charge on any atom is 0.219 e. The van der Waals surface area contributed by atoms with Crippen molar-refractivity contribution in [3.8, 4) is 17.4 Å². The number of pyridine rings is 1. The van der Waals surface area contributed by atoms with Crippen LogP contribution in [0.4, 0.5) is 0 Å². The molecule has 1 saturated carbocycles. The van der Waals surface area contributed by atoms with Crippen LogP contribution in [0.5, 0.6) is 17.4 Å². The maximum atomic E-state index is 10.1. The summed E-state index contributed by atoms with van der Waals surface area (Å²) in [5, 5.41) is 10.9. The normalized spacial score (nSPS) is 22.7. The zero-order valence-electron chi connectivity index (χ0n) is 17.3. The van der Waals surface area contributed by atoms with E-state index in [0.717, 1.165) is 23.8 Å². The SMILES string of the molecule is CC1(C)CC[C@@H]2N=C(c3cccc(Oc4ccc5cccc(O)c5n4)c3)O[C@@H]2CC1. The van der Waals surface area contributed by atoms with Crippen LogP contribution in [0, 0.1) is 5.41 Å². The van der Waals surface area contributed by atoms with Gasteiger partial charge in [-0.25, -0.2) is 9.98 Å². The molecule has 5 heteroatoms. The number of nitrogens with zero attached hydrogens (tertiary/aromatic N) is 2. The smallest absolute Gasteiger partial charge is 0.219 e. The molecule has 0 unspecified atom stereocenters. The summed E-state index contributed by atoms with van der Waals surface area (Å²) in [6.07, 6.45) is 4.64. The fraction of sp³-hybridized carbons (Fsp3) is 0.360. The van der Waals surface area contributed by atoms with Crippen LogP contribution in [-0.2, 0) is 4.74 Å². The van der Waals surface area contributed by atoms with Crippen LogP contribution in [0.25, 0.3) is 10.9 Å². The number of hydrogen-bond donors (Lipinski definition) is 1. The Labute approximate surface area is 176 Å². The minimum absolute atomic E-state index is 0.141. The Morgan fingerprint density at radius 1 is 1.03 bits per heavy atom. The third-order valence-corrected chi connectivity index (χ3v) is 6.17. The molecule has 2 atom stereocenters. The second-order valence-electron chi connectivity index (χ2n) is 9.03. The first-order valence-corrected chi connectivity index (χ1v) is 10.6. The molecule has 2 aromatic carbocycles. The number of aliphatic imine (C=N–C) groups is 1. The molecule has 0 amide bonds. The van der Waals surface area contributed by atoms with E-state index in [2.05, 4.69) is 18.8 Å². The number of ether oxygens (including phenoxy) is 2. The summed E-state index contributed by atoms with van der Waals surface area (Å²) in [6.45, 7) is 4.67. The van der Waals surface area contributed by atoms with Crippen LogP contribution in [0.3, 0.4) is 0 Å². The van der Waals surface area contributed by atoms with Crippen molar-refractivity contribution in [1.82, 2.24) is 4.98 Å². The van der Waals surface area contributed by atoms with Gasteiger partial charge in [0.25, 0.3) is 0 Å². The van der Waals surface area contributed by atoms with E-state index in [1.807, 2.05) is 36.4 Å². The topological polar surface area (TPSA) is 63.9 Å². The highest BCUT2D eigenvalue weighted by molar-refractivity contribution is 5.95. The van der Waals surface area contributed by atoms with Crippen LogP contribution >= 0.6 is 0 Å². The van der Waals surface area contributed by atoms with Crippen molar-refractivity contribution in [2.75, 3.05) is 0 Å². The number of rotatable bonds is 3. The molecule has 5 rings (SSSR count). The van der Waals surface area contributed by atoms with Gasteiger partial charge in [-0.1, -0.05) is 32.0 Å². The van der Waals surface area contributed by atoms with Crippen molar-refractivity contribution in [2.45, 2.75) is 51.7 Å². The lowest BCUT2D eigenvalue weighted by Gasteiger charge is -2.21. The third-order valence-electron chi connectivity index (χ3n) is 6.17. The summed E-state index contributed by atoms with van der Waals surface area (Å²) < 4.78 is 12.2. The van der Waals surface area contributed by atoms with Gasteiger partial charge in [-0.2, -0.15) is 0 Å². The molecule has 2 heterocycles. The molecule has 1 N–H and O–H groups in total. The number of aromatic hydroxyl groups is 1. The van der Waals surface area contributed by atoms with Gasteiger partial charge >= 0.3 is 0 Å². The fourth-order valence-electron chi connectivity index (χ4n) is 4.31. The zero-order valence-corrected chi connectivity index (χ0v) is 17.3. The van der Waals surface area contributed by atoms with Gasteiger partial charge in [-0.05, 0) is 61.4 Å². The number of phenolic OH excluding ortho intramolecular Hbond substituents is 1. The van der Waals surface area contributed by atoms with E-state index in [0.29, 0.717) is 28.5 Å². The van der Waals surface area contributed by atoms with Crippen molar-refractivity contribution in [2.24, 2.45) is 10.4 Å². The fourth-order valence-corrected chi connectivity index (χ4v) is 4.31. The van der Waals surface area contributed by atoms with E-state index in [-0.39, 0.29) is 17.9 Å². The molecule has 5 nitrogen and oxygen atoms in total. The van der Waals surface area contributed by atoms with Gasteiger partial charge in [-0.3, -0.25) is 0 Å². The van der Waals surface area contributed by atoms with Crippen molar-refractivity contribution in [1.29, 1.82) is 0 Å². The molecule has 3 aromatic rings. The quantitative estimate of drug-likeness (QED) is 0.597. The molecule has 1 aromatic heterocycles. The van der Waals surface area contributed by atoms with Crippen molar-refractivity contribution in [3.05, 3.63) is 60.2 Å². The second-order valence-corrected chi connectivity index (χ2v) is 9.03. The number of para-hydroxylation sites is 1. The minimum Gasteiger partial charge on any atom is -0.506 e. The first kappa shape index (κ1) is 18.9. The Morgan fingerprint density at radius 3 is 2.77 bits per heavy atom. The van der Waals surface area contributed by atoms with Gasteiger partial charge in [0, 0.05) is 17.0 Å². The summed E-state index contributed by atoms with van der Waals surface area (Å²) in [4.78, 5) is 9.34. The average Bonchev–Trinajstić information content (AvgIpc) is 3.09. The average molecular weight is 402 g/mol. The molecule has 30 heavy (non-hydrogen) atoms. The molecule has 1 aliphatic carbocycles. The summed E-state index contributed by atoms with van der Waals surface area (Å²) in [5.41, 5.74) is 1.82. The van der Waals surface area contributed by atoms with Gasteiger partial charge in [0.1, 0.15) is 23.1 Å². The molecule has 0 saturated heterocycles. The standard InChI is InChI=1S/C25H26N2O3/c1-25(2)13-11-19-21(12-14-25)30-24(26-19)17-6-3-7-18(15-17)29-22-10-9-16-5-4-8-20(28)23(16)27-22/h3-10,15,19,21,28H,11-14H2,1-2H3/t19-,21+/m0/s1. The Balaban J connectivity index is 1.36. The number of hydrogen-bond acceptors (Lipinski definition) is 5. The van der Waals surface area contributed by atoms with E-state index < -0.39 is 0 Å².